The first-order chi connectivity index (χ1) is 9.28. The van der Waals surface area contributed by atoms with Crippen LogP contribution in [0.1, 0.15) is 13.8 Å². The van der Waals surface area contributed by atoms with E-state index in [0.717, 1.165) is 0 Å². The fraction of sp³-hybridized carbons (Fsp3) is 0.200. The van der Waals surface area contributed by atoms with Crippen LogP contribution in [0.3, 0.4) is 0 Å². The third-order valence-electron chi connectivity index (χ3n) is 0.667. The Bertz CT molecular complexity index is 362. The molecule has 1 aromatic carbocycles. The van der Waals surface area contributed by atoms with Gasteiger partial charge >= 0.3 is 60.0 Å². The smallest absolute Gasteiger partial charge is 0.0623 e. The molecule has 21 heavy (non-hydrogen) atoms. The predicted molar refractivity (Wildman–Crippen MR) is 68.4 cm³/mol. The second-order valence-electron chi connectivity index (χ2n) is 2.56. The number of benzene rings is 1. The first kappa shape index (κ1) is 28.3. The Balaban J connectivity index is -0.0000000938. The molecule has 1 aromatic rings. The summed E-state index contributed by atoms with van der Waals surface area (Å²) in [6.45, 7) is 2.86. The van der Waals surface area contributed by atoms with Crippen LogP contribution < -0.4 is 0 Å². The maximum atomic E-state index is 9.87. The Hall–Kier alpha value is -0.877. The molecule has 0 aliphatic carbocycles. The fourth-order valence-corrected chi connectivity index (χ4v) is 0.385. The average Bonchev–Trinajstić information content (AvgIpc) is 2.32. The van der Waals surface area contributed by atoms with E-state index < -0.39 is 7.81 Å². The Kier molecular flexibility index (Phi) is 17.3. The van der Waals surface area contributed by atoms with Crippen molar-refractivity contribution in [3.8, 4) is 12.1 Å². The van der Waals surface area contributed by atoms with Gasteiger partial charge < -0.3 is 0 Å². The molecule has 0 aromatic heterocycles. The van der Waals surface area contributed by atoms with Crippen LogP contribution in [0.2, 0.25) is 0 Å². The van der Waals surface area contributed by atoms with E-state index in [4.69, 9.17) is 10.5 Å². The van der Waals surface area contributed by atoms with Crippen LogP contribution in [0.15, 0.2) is 36.4 Å². The molecule has 0 saturated heterocycles. The van der Waals surface area contributed by atoms with Gasteiger partial charge in [-0.15, -0.1) is 0 Å². The summed E-state index contributed by atoms with van der Waals surface area (Å²) in [6, 6.07) is 15.5. The van der Waals surface area contributed by atoms with Crippen molar-refractivity contribution in [3.63, 3.8) is 0 Å². The Morgan fingerprint density at radius 3 is 0.810 bits per heavy atom. The van der Waals surface area contributed by atoms with Crippen molar-refractivity contribution in [1.29, 1.82) is 10.5 Å². The minimum atomic E-state index is -10.7. The van der Waals surface area contributed by atoms with Gasteiger partial charge in [-0.1, -0.05) is 36.4 Å². The van der Waals surface area contributed by atoms with Crippen LogP contribution >= 0.6 is 17.5 Å². The summed E-state index contributed by atoms with van der Waals surface area (Å²) in [5.74, 6) is 0. The normalized spacial score (nSPS) is 11.0. The SMILES string of the molecule is CC#N.CC#N.F[P-](F)(F)(F)(F)F.[Cl][Ru+].c1ccccc1. The van der Waals surface area contributed by atoms with Gasteiger partial charge in [-0.3, -0.25) is 0 Å². The van der Waals surface area contributed by atoms with Gasteiger partial charge in [-0.05, 0) is 0 Å². The summed E-state index contributed by atoms with van der Waals surface area (Å²) in [5, 5.41) is 14.6. The molecule has 0 atom stereocenters. The van der Waals surface area contributed by atoms with Gasteiger partial charge in [-0.25, -0.2) is 0 Å². The first-order valence-corrected chi connectivity index (χ1v) is 8.86. The van der Waals surface area contributed by atoms with E-state index in [1.807, 2.05) is 53.7 Å². The predicted octanol–water partition coefficient (Wildman–Crippen LogP) is 6.82. The third kappa shape index (κ3) is 214. The van der Waals surface area contributed by atoms with Crippen molar-refractivity contribution in [2.75, 3.05) is 0 Å². The minimum absolute atomic E-state index is 1.43. The summed E-state index contributed by atoms with van der Waals surface area (Å²) in [6.07, 6.45) is 0. The van der Waals surface area contributed by atoms with E-state index in [1.165, 1.54) is 13.8 Å². The van der Waals surface area contributed by atoms with Gasteiger partial charge in [-0.2, -0.15) is 10.5 Å². The van der Waals surface area contributed by atoms with E-state index in [1.54, 1.807) is 12.1 Å². The van der Waals surface area contributed by atoms with Gasteiger partial charge in [0.1, 0.15) is 0 Å². The molecule has 2 nitrogen and oxygen atoms in total. The summed E-state index contributed by atoms with van der Waals surface area (Å²) in [5.41, 5.74) is 0. The number of hydrogen-bond donors (Lipinski definition) is 0. The molecule has 0 unspecified atom stereocenters. The second-order valence-corrected chi connectivity index (χ2v) is 4.48. The molecule has 0 fully saturated rings. The van der Waals surface area contributed by atoms with Gasteiger partial charge in [0, 0.05) is 13.8 Å². The van der Waals surface area contributed by atoms with E-state index in [9.17, 15) is 25.2 Å². The summed E-state index contributed by atoms with van der Waals surface area (Å²) < 4.78 is 59.2. The third-order valence-corrected chi connectivity index (χ3v) is 0.667. The van der Waals surface area contributed by atoms with Crippen molar-refractivity contribution in [1.82, 2.24) is 0 Å². The zero-order valence-corrected chi connectivity index (χ0v) is 14.2. The van der Waals surface area contributed by atoms with Crippen molar-refractivity contribution >= 4 is 17.5 Å². The monoisotopic (exact) mass is 442 g/mol. The summed E-state index contributed by atoms with van der Waals surface area (Å²) in [7, 11) is -6.09. The Morgan fingerprint density at radius 1 is 0.714 bits per heavy atom. The van der Waals surface area contributed by atoms with E-state index in [-0.39, 0.29) is 0 Å². The molecule has 0 spiro atoms. The standard InChI is InChI=1S/C6H6.2C2H3N.ClH.F6P.Ru/c1-2-4-6-5-3-1;2*1-2-3;;1-7(2,3,4,5)6;/h1-6H;2*1H3;1H;;/q;;;;-1;+2/p-1. The largest absolute Gasteiger partial charge is 0.0623 e. The number of nitriles is 2. The van der Waals surface area contributed by atoms with Crippen LogP contribution in [0, 0.1) is 22.7 Å². The molecule has 0 radical (unpaired) electrons. The van der Waals surface area contributed by atoms with Crippen molar-refractivity contribution in [3.05, 3.63) is 36.4 Å². The zero-order valence-electron chi connectivity index (χ0n) is 10.8. The summed E-state index contributed by atoms with van der Waals surface area (Å²) in [4.78, 5) is 0. The van der Waals surface area contributed by atoms with Crippen LogP contribution in [-0.2, 0) is 17.3 Å². The van der Waals surface area contributed by atoms with Gasteiger partial charge in [0.15, 0.2) is 0 Å². The van der Waals surface area contributed by atoms with E-state index >= 15 is 0 Å². The van der Waals surface area contributed by atoms with Crippen LogP contribution in [0.4, 0.5) is 25.2 Å². The molecule has 11 heteroatoms. The molecule has 0 aliphatic rings. The molecule has 0 heterocycles. The Morgan fingerprint density at radius 2 is 0.762 bits per heavy atom. The number of rotatable bonds is 0. The quantitative estimate of drug-likeness (QED) is 0.252. The van der Waals surface area contributed by atoms with E-state index in [2.05, 4.69) is 9.69 Å². The molecule has 0 N–H and O–H groups in total. The molecular formula is C10H12ClF6N2PRu. The van der Waals surface area contributed by atoms with Gasteiger partial charge in [0.25, 0.3) is 0 Å². The number of halogens is 7. The Labute approximate surface area is 133 Å². The van der Waals surface area contributed by atoms with Crippen molar-refractivity contribution < 1.29 is 42.5 Å². The molecule has 1 rings (SSSR count). The molecular weight excluding hydrogens is 430 g/mol. The van der Waals surface area contributed by atoms with Gasteiger partial charge in [0.2, 0.25) is 0 Å². The van der Waals surface area contributed by atoms with Crippen LogP contribution in [0.25, 0.3) is 0 Å². The van der Waals surface area contributed by atoms with E-state index in [0.29, 0.717) is 0 Å². The molecule has 0 saturated carbocycles. The molecule has 0 aliphatic heterocycles. The van der Waals surface area contributed by atoms with Crippen LogP contribution in [0.5, 0.6) is 0 Å². The maximum Gasteiger partial charge on any atom is -0.0623 e. The average molecular weight is 442 g/mol. The minimum Gasteiger partial charge on any atom is -0.0623 e. The topological polar surface area (TPSA) is 47.6 Å². The zero-order chi connectivity index (χ0) is 18.1. The van der Waals surface area contributed by atoms with Crippen molar-refractivity contribution in [2.45, 2.75) is 13.8 Å². The van der Waals surface area contributed by atoms with Crippen LogP contribution in [-0.4, -0.2) is 0 Å². The second kappa shape index (κ2) is 12.8. The maximum absolute atomic E-state index is 10.7. The molecule has 0 amide bonds. The summed E-state index contributed by atoms with van der Waals surface area (Å²) >= 11 is 1.82. The number of nitrogens with zero attached hydrogens (tertiary/aromatic N) is 2. The van der Waals surface area contributed by atoms with Gasteiger partial charge in [0.05, 0.1) is 12.1 Å². The first-order valence-electron chi connectivity index (χ1n) is 4.60. The van der Waals surface area contributed by atoms with Crippen molar-refractivity contribution in [2.24, 2.45) is 0 Å². The molecule has 124 valence electrons. The fourth-order valence-electron chi connectivity index (χ4n) is 0.385. The number of hydrogen-bond acceptors (Lipinski definition) is 2. The molecule has 0 bridgehead atoms.